The van der Waals surface area contributed by atoms with Gasteiger partial charge in [0.25, 0.3) is 0 Å². The number of rotatable bonds is 4. The predicted molar refractivity (Wildman–Crippen MR) is 73.6 cm³/mol. The van der Waals surface area contributed by atoms with Gasteiger partial charge in [0.1, 0.15) is 4.99 Å². The molecule has 0 atom stereocenters. The van der Waals surface area contributed by atoms with Gasteiger partial charge in [0.2, 0.25) is 0 Å². The molecule has 0 aliphatic heterocycles. The first-order chi connectivity index (χ1) is 7.74. The number of nitrogens with one attached hydrogen (secondary N) is 1. The van der Waals surface area contributed by atoms with E-state index in [2.05, 4.69) is 4.72 Å². The van der Waals surface area contributed by atoms with E-state index in [0.29, 0.717) is 5.56 Å². The van der Waals surface area contributed by atoms with E-state index >= 15 is 0 Å². The van der Waals surface area contributed by atoms with Crippen LogP contribution in [0.25, 0.3) is 0 Å². The van der Waals surface area contributed by atoms with Gasteiger partial charge >= 0.3 is 10.2 Å². The van der Waals surface area contributed by atoms with Gasteiger partial charge in [0, 0.05) is 19.7 Å². The van der Waals surface area contributed by atoms with Crippen LogP contribution in [0, 0.1) is 0 Å². The molecule has 1 aromatic rings. The molecule has 0 saturated heterocycles. The molecule has 17 heavy (non-hydrogen) atoms. The second-order valence-corrected chi connectivity index (χ2v) is 6.18. The van der Waals surface area contributed by atoms with Crippen LogP contribution in [0.5, 0.6) is 0 Å². The van der Waals surface area contributed by atoms with Crippen LogP contribution in [0.2, 0.25) is 5.02 Å². The van der Waals surface area contributed by atoms with Gasteiger partial charge in [0.05, 0.1) is 10.7 Å². The molecule has 0 radical (unpaired) electrons. The quantitative estimate of drug-likeness (QED) is 0.818. The molecule has 1 aromatic carbocycles. The van der Waals surface area contributed by atoms with E-state index in [1.807, 2.05) is 0 Å². The minimum atomic E-state index is -3.60. The molecule has 1 rings (SSSR count). The Morgan fingerprint density at radius 1 is 1.47 bits per heavy atom. The Morgan fingerprint density at radius 3 is 2.53 bits per heavy atom. The summed E-state index contributed by atoms with van der Waals surface area (Å²) >= 11 is 10.7. The third-order valence-corrected chi connectivity index (χ3v) is 3.98. The topological polar surface area (TPSA) is 75.4 Å². The maximum Gasteiger partial charge on any atom is 0.301 e. The molecule has 0 spiro atoms. The molecule has 0 heterocycles. The highest BCUT2D eigenvalue weighted by Crippen LogP contribution is 2.24. The van der Waals surface area contributed by atoms with Gasteiger partial charge < -0.3 is 5.73 Å². The maximum atomic E-state index is 11.6. The summed E-state index contributed by atoms with van der Waals surface area (Å²) < 4.78 is 26.6. The molecule has 0 amide bonds. The van der Waals surface area contributed by atoms with Crippen LogP contribution in [0.1, 0.15) is 5.56 Å². The van der Waals surface area contributed by atoms with E-state index in [4.69, 9.17) is 29.6 Å². The van der Waals surface area contributed by atoms with Crippen LogP contribution in [-0.4, -0.2) is 31.8 Å². The lowest BCUT2D eigenvalue weighted by Crippen LogP contribution is -2.29. The molecule has 0 bridgehead atoms. The molecule has 0 unspecified atom stereocenters. The lowest BCUT2D eigenvalue weighted by atomic mass is 10.2. The fourth-order valence-electron chi connectivity index (χ4n) is 0.987. The minimum absolute atomic E-state index is 0.173. The molecule has 3 N–H and O–H groups in total. The summed E-state index contributed by atoms with van der Waals surface area (Å²) in [6.07, 6.45) is 0. The second kappa shape index (κ2) is 5.18. The minimum Gasteiger partial charge on any atom is -0.389 e. The summed E-state index contributed by atoms with van der Waals surface area (Å²) in [7, 11) is -0.781. The number of benzene rings is 1. The van der Waals surface area contributed by atoms with Crippen molar-refractivity contribution in [3.05, 3.63) is 28.8 Å². The first-order valence-corrected chi connectivity index (χ1v) is 6.76. The number of nitrogens with two attached hydrogens (primary N) is 1. The van der Waals surface area contributed by atoms with Gasteiger partial charge in [-0.1, -0.05) is 29.9 Å². The van der Waals surface area contributed by atoms with Crippen molar-refractivity contribution in [3.8, 4) is 0 Å². The number of anilines is 1. The highest BCUT2D eigenvalue weighted by Gasteiger charge is 2.15. The van der Waals surface area contributed by atoms with E-state index in [-0.39, 0.29) is 15.7 Å². The Labute approximate surface area is 111 Å². The van der Waals surface area contributed by atoms with Crippen LogP contribution in [-0.2, 0) is 10.2 Å². The number of nitrogens with zero attached hydrogens (tertiary/aromatic N) is 1. The molecule has 0 fully saturated rings. The summed E-state index contributed by atoms with van der Waals surface area (Å²) in [4.78, 5) is 0.173. The smallest absolute Gasteiger partial charge is 0.301 e. The Morgan fingerprint density at radius 2 is 2.06 bits per heavy atom. The Bertz CT molecular complexity index is 543. The van der Waals surface area contributed by atoms with Crippen LogP contribution < -0.4 is 10.5 Å². The zero-order chi connectivity index (χ0) is 13.2. The van der Waals surface area contributed by atoms with Gasteiger partial charge in [-0.05, 0) is 12.1 Å². The predicted octanol–water partition coefficient (Wildman–Crippen LogP) is 1.19. The zero-order valence-corrected chi connectivity index (χ0v) is 11.7. The van der Waals surface area contributed by atoms with E-state index in [1.54, 1.807) is 6.07 Å². The molecule has 0 saturated carbocycles. The number of hydrogen-bond donors (Lipinski definition) is 2. The van der Waals surface area contributed by atoms with Crippen molar-refractivity contribution in [2.24, 2.45) is 5.73 Å². The average molecular weight is 294 g/mol. The van der Waals surface area contributed by atoms with Crippen molar-refractivity contribution >= 4 is 44.7 Å². The Hall–Kier alpha value is -0.890. The van der Waals surface area contributed by atoms with Crippen LogP contribution >= 0.6 is 23.8 Å². The van der Waals surface area contributed by atoms with Gasteiger partial charge in [-0.15, -0.1) is 0 Å². The molecular weight excluding hydrogens is 282 g/mol. The van der Waals surface area contributed by atoms with Crippen molar-refractivity contribution in [3.63, 3.8) is 0 Å². The summed E-state index contributed by atoms with van der Waals surface area (Å²) in [5, 5.41) is 0.274. The average Bonchev–Trinajstić information content (AvgIpc) is 2.20. The van der Waals surface area contributed by atoms with E-state index in [0.717, 1.165) is 4.31 Å². The van der Waals surface area contributed by atoms with Gasteiger partial charge in [-0.3, -0.25) is 4.72 Å². The van der Waals surface area contributed by atoms with Crippen LogP contribution in [0.15, 0.2) is 18.2 Å². The van der Waals surface area contributed by atoms with Gasteiger partial charge in [-0.25, -0.2) is 0 Å². The first-order valence-electron chi connectivity index (χ1n) is 4.53. The summed E-state index contributed by atoms with van der Waals surface area (Å²) in [5.41, 5.74) is 6.24. The third-order valence-electron chi connectivity index (χ3n) is 1.97. The fourth-order valence-corrected chi connectivity index (χ4v) is 1.96. The summed E-state index contributed by atoms with van der Waals surface area (Å²) in [6.45, 7) is 0. The zero-order valence-electron chi connectivity index (χ0n) is 9.27. The molecule has 94 valence electrons. The standard InChI is InChI=1S/C9H12ClN3O2S2/c1-13(2)17(14,15)12-8-5-6(9(11)16)3-4-7(8)10/h3-5,12H,1-2H3,(H2,11,16). The van der Waals surface area contributed by atoms with Crippen molar-refractivity contribution < 1.29 is 8.42 Å². The lowest BCUT2D eigenvalue weighted by molar-refractivity contribution is 0.527. The van der Waals surface area contributed by atoms with Crippen molar-refractivity contribution in [2.75, 3.05) is 18.8 Å². The SMILES string of the molecule is CN(C)S(=O)(=O)Nc1cc(C(N)=S)ccc1Cl. The lowest BCUT2D eigenvalue weighted by Gasteiger charge is -2.15. The third kappa shape index (κ3) is 3.53. The molecule has 0 aliphatic carbocycles. The van der Waals surface area contributed by atoms with Gasteiger partial charge in [0.15, 0.2) is 0 Å². The van der Waals surface area contributed by atoms with Crippen molar-refractivity contribution in [1.29, 1.82) is 0 Å². The normalized spacial score (nSPS) is 11.5. The van der Waals surface area contributed by atoms with Gasteiger partial charge in [-0.2, -0.15) is 12.7 Å². The highest BCUT2D eigenvalue weighted by molar-refractivity contribution is 7.90. The van der Waals surface area contributed by atoms with Crippen LogP contribution in [0.3, 0.4) is 0 Å². The van der Waals surface area contributed by atoms with Crippen molar-refractivity contribution in [1.82, 2.24) is 4.31 Å². The molecular formula is C9H12ClN3O2S2. The summed E-state index contributed by atoms with van der Waals surface area (Å²) in [5.74, 6) is 0. The number of halogens is 1. The number of thiocarbonyl (C=S) groups is 1. The summed E-state index contributed by atoms with van der Waals surface area (Å²) in [6, 6.07) is 4.65. The Kier molecular flexibility index (Phi) is 4.31. The molecule has 5 nitrogen and oxygen atoms in total. The Balaban J connectivity index is 3.15. The molecule has 8 heteroatoms. The molecule has 0 aromatic heterocycles. The van der Waals surface area contributed by atoms with Crippen molar-refractivity contribution in [2.45, 2.75) is 0 Å². The largest absolute Gasteiger partial charge is 0.389 e. The maximum absolute atomic E-state index is 11.6. The number of hydrogen-bond acceptors (Lipinski definition) is 3. The van der Waals surface area contributed by atoms with Crippen LogP contribution in [0.4, 0.5) is 5.69 Å². The van der Waals surface area contributed by atoms with E-state index in [1.165, 1.54) is 26.2 Å². The monoisotopic (exact) mass is 293 g/mol. The van der Waals surface area contributed by atoms with E-state index in [9.17, 15) is 8.42 Å². The second-order valence-electron chi connectivity index (χ2n) is 3.45. The molecule has 0 aliphatic rings. The van der Waals surface area contributed by atoms with E-state index < -0.39 is 10.2 Å². The fraction of sp³-hybridized carbons (Fsp3) is 0.222. The highest BCUT2D eigenvalue weighted by atomic mass is 35.5. The first kappa shape index (κ1) is 14.2.